The third-order valence-electron chi connectivity index (χ3n) is 1.47. The quantitative estimate of drug-likeness (QED) is 0.463. The molecule has 0 spiro atoms. The topological polar surface area (TPSA) is 98.2 Å². The minimum atomic E-state index is -0.594. The van der Waals surface area contributed by atoms with Crippen LogP contribution in [0.1, 0.15) is 6.42 Å². The molecule has 0 aliphatic heterocycles. The highest BCUT2D eigenvalue weighted by molar-refractivity contribution is 7.98. The van der Waals surface area contributed by atoms with Gasteiger partial charge in [0, 0.05) is 0 Å². The molecule has 5 nitrogen and oxygen atoms in total. The molecule has 1 atom stereocenters. The summed E-state index contributed by atoms with van der Waals surface area (Å²) in [6.45, 7) is 0. The van der Waals surface area contributed by atoms with E-state index in [2.05, 4.69) is 5.32 Å². The lowest BCUT2D eigenvalue weighted by atomic mass is 9.95. The highest BCUT2D eigenvalue weighted by Crippen LogP contribution is 1.99. The Balaban J connectivity index is 3.94. The maximum absolute atomic E-state index is 10.8. The number of amides is 2. The molecule has 0 aliphatic rings. The summed E-state index contributed by atoms with van der Waals surface area (Å²) >= 11 is 1.59. The molecule has 0 aromatic rings. The summed E-state index contributed by atoms with van der Waals surface area (Å²) in [5, 5.41) is 2.45. The van der Waals surface area contributed by atoms with E-state index in [9.17, 15) is 9.59 Å². The van der Waals surface area contributed by atoms with Gasteiger partial charge in [0.2, 0.25) is 5.91 Å². The maximum atomic E-state index is 10.8. The lowest BCUT2D eigenvalue weighted by molar-refractivity contribution is -0.119. The van der Waals surface area contributed by atoms with Crippen molar-refractivity contribution in [1.82, 2.24) is 5.32 Å². The molecule has 0 unspecified atom stereocenters. The van der Waals surface area contributed by atoms with Gasteiger partial charge in [0.05, 0.1) is 0 Å². The monoisotopic (exact) mass is 203 g/mol. The Bertz CT molecular complexity index is 191. The largest absolute Gasteiger partial charge is 0.368 e. The highest BCUT2D eigenvalue weighted by Gasteiger charge is 2.16. The average Bonchev–Trinajstić information content (AvgIpc) is 2.11. The zero-order valence-corrected chi connectivity index (χ0v) is 8.39. The zero-order chi connectivity index (χ0) is 10.3. The van der Waals surface area contributed by atoms with Crippen LogP contribution in [-0.2, 0) is 4.79 Å². The molecule has 0 saturated heterocycles. The smallest absolute Gasteiger partial charge is 0.308 e. The first kappa shape index (κ1) is 12.3. The van der Waals surface area contributed by atoms with E-state index in [0.717, 1.165) is 5.75 Å². The maximum Gasteiger partial charge on any atom is 0.308 e. The third kappa shape index (κ3) is 5.54. The Kier molecular flexibility index (Phi) is 6.43. The number of thioether (sulfide) groups is 1. The number of nitrogens with two attached hydrogens (primary N) is 2. The predicted octanol–water partition coefficient (Wildman–Crippen LogP) is -1.39. The zero-order valence-electron chi connectivity index (χ0n) is 7.58. The SMILES string of the molecule is CSCC[C@H](NC(=O)BN)C(N)=O. The fourth-order valence-electron chi connectivity index (χ4n) is 0.775. The molecule has 74 valence electrons. The van der Waals surface area contributed by atoms with Crippen molar-refractivity contribution in [2.75, 3.05) is 12.0 Å². The first-order valence-corrected chi connectivity index (χ1v) is 5.29. The molecule has 0 rings (SSSR count). The number of hydrogen-bond donors (Lipinski definition) is 3. The van der Waals surface area contributed by atoms with E-state index in [-0.39, 0.29) is 13.2 Å². The summed E-state index contributed by atoms with van der Waals surface area (Å²) in [7, 11) is -0.122. The second-order valence-electron chi connectivity index (χ2n) is 2.51. The summed E-state index contributed by atoms with van der Waals surface area (Å²) in [6.07, 6.45) is 2.46. The molecule has 0 aliphatic carbocycles. The molecule has 0 fully saturated rings. The fourth-order valence-corrected chi connectivity index (χ4v) is 1.25. The molecule has 0 bridgehead atoms. The third-order valence-corrected chi connectivity index (χ3v) is 2.12. The van der Waals surface area contributed by atoms with Crippen LogP contribution in [0, 0.1) is 0 Å². The van der Waals surface area contributed by atoms with Crippen LogP contribution in [0.25, 0.3) is 0 Å². The second kappa shape index (κ2) is 6.79. The Morgan fingerprint density at radius 2 is 2.23 bits per heavy atom. The Morgan fingerprint density at radius 3 is 2.62 bits per heavy atom. The van der Waals surface area contributed by atoms with Gasteiger partial charge in [-0.1, -0.05) is 0 Å². The van der Waals surface area contributed by atoms with Crippen LogP contribution in [0.15, 0.2) is 0 Å². The van der Waals surface area contributed by atoms with Crippen molar-refractivity contribution < 1.29 is 9.59 Å². The van der Waals surface area contributed by atoms with Crippen molar-refractivity contribution >= 4 is 30.9 Å². The first-order chi connectivity index (χ1) is 6.11. The Morgan fingerprint density at radius 1 is 1.62 bits per heavy atom. The van der Waals surface area contributed by atoms with Gasteiger partial charge in [-0.25, -0.2) is 0 Å². The van der Waals surface area contributed by atoms with Gasteiger partial charge >= 0.3 is 7.41 Å². The lowest BCUT2D eigenvalue weighted by Crippen LogP contribution is -2.47. The standard InChI is InChI=1S/C6H14BN3O2S/c1-13-3-2-4(5(8)11)10-6(12)7-9/h4,7H,2-3,9H2,1H3,(H2,8,11)(H,10,12)/t4-/m0/s1. The minimum absolute atomic E-state index is 0.122. The van der Waals surface area contributed by atoms with Gasteiger partial charge in [-0.05, 0) is 18.4 Å². The molecular weight excluding hydrogens is 189 g/mol. The van der Waals surface area contributed by atoms with E-state index in [1.807, 2.05) is 6.26 Å². The van der Waals surface area contributed by atoms with Crippen LogP contribution < -0.4 is 16.7 Å². The van der Waals surface area contributed by atoms with Gasteiger partial charge in [0.1, 0.15) is 6.04 Å². The van der Waals surface area contributed by atoms with Gasteiger partial charge in [-0.3, -0.25) is 9.59 Å². The number of rotatable bonds is 6. The van der Waals surface area contributed by atoms with Gasteiger partial charge in [0.25, 0.3) is 0 Å². The summed E-state index contributed by atoms with van der Waals surface area (Å²) < 4.78 is 0. The van der Waals surface area contributed by atoms with Gasteiger partial charge < -0.3 is 16.7 Å². The Labute approximate surface area is 82.2 Å². The van der Waals surface area contributed by atoms with Crippen LogP contribution in [0.2, 0.25) is 0 Å². The van der Waals surface area contributed by atoms with Crippen LogP contribution in [-0.4, -0.2) is 37.2 Å². The lowest BCUT2D eigenvalue weighted by Gasteiger charge is -2.13. The molecular formula is C6H14BN3O2S. The van der Waals surface area contributed by atoms with Crippen molar-refractivity contribution in [3.8, 4) is 0 Å². The summed E-state index contributed by atoms with van der Waals surface area (Å²) in [4.78, 5) is 21.7. The second-order valence-corrected chi connectivity index (χ2v) is 3.49. The van der Waals surface area contributed by atoms with Crippen molar-refractivity contribution in [3.63, 3.8) is 0 Å². The van der Waals surface area contributed by atoms with Crippen LogP contribution in [0.3, 0.4) is 0 Å². The molecule has 0 aromatic heterocycles. The molecule has 0 radical (unpaired) electrons. The van der Waals surface area contributed by atoms with Crippen LogP contribution in [0.4, 0.5) is 4.79 Å². The number of carbonyl (C=O) groups excluding carboxylic acids is 2. The molecule has 0 aromatic carbocycles. The van der Waals surface area contributed by atoms with E-state index >= 15 is 0 Å². The number of hydrogen-bond acceptors (Lipinski definition) is 4. The molecule has 5 N–H and O–H groups in total. The van der Waals surface area contributed by atoms with Crippen molar-refractivity contribution in [1.29, 1.82) is 0 Å². The number of carbonyl (C=O) groups is 2. The molecule has 2 amide bonds. The van der Waals surface area contributed by atoms with E-state index in [4.69, 9.17) is 11.4 Å². The van der Waals surface area contributed by atoms with Gasteiger partial charge in [-0.2, -0.15) is 11.8 Å². The fraction of sp³-hybridized carbons (Fsp3) is 0.667. The van der Waals surface area contributed by atoms with Crippen LogP contribution >= 0.6 is 11.8 Å². The predicted molar refractivity (Wildman–Crippen MR) is 55.8 cm³/mol. The van der Waals surface area contributed by atoms with E-state index in [0.29, 0.717) is 6.42 Å². The molecule has 7 heteroatoms. The van der Waals surface area contributed by atoms with Crippen molar-refractivity contribution in [3.05, 3.63) is 0 Å². The number of nitrogens with one attached hydrogen (secondary N) is 1. The number of primary amides is 1. The van der Waals surface area contributed by atoms with Crippen molar-refractivity contribution in [2.45, 2.75) is 12.5 Å². The highest BCUT2D eigenvalue weighted by atomic mass is 32.2. The van der Waals surface area contributed by atoms with Gasteiger partial charge in [0.15, 0.2) is 5.81 Å². The van der Waals surface area contributed by atoms with Crippen molar-refractivity contribution in [2.24, 2.45) is 11.4 Å². The molecule has 13 heavy (non-hydrogen) atoms. The average molecular weight is 203 g/mol. The molecule has 0 heterocycles. The first-order valence-electron chi connectivity index (χ1n) is 3.89. The van der Waals surface area contributed by atoms with E-state index < -0.39 is 11.9 Å². The van der Waals surface area contributed by atoms with Crippen LogP contribution in [0.5, 0.6) is 0 Å². The Hall–Kier alpha value is -0.685. The molecule has 0 saturated carbocycles. The summed E-state index contributed by atoms with van der Waals surface area (Å²) in [5.74, 6) is -0.0981. The normalized spacial score (nSPS) is 11.8. The summed E-state index contributed by atoms with van der Waals surface area (Å²) in [6, 6.07) is -0.594. The van der Waals surface area contributed by atoms with E-state index in [1.165, 1.54) is 0 Å². The van der Waals surface area contributed by atoms with Gasteiger partial charge in [-0.15, -0.1) is 0 Å². The van der Waals surface area contributed by atoms with E-state index in [1.54, 1.807) is 11.8 Å². The summed E-state index contributed by atoms with van der Waals surface area (Å²) in [5.41, 5.74) is 10.2. The minimum Gasteiger partial charge on any atom is -0.368 e.